The van der Waals surface area contributed by atoms with Crippen LogP contribution in [-0.4, -0.2) is 40.2 Å². The Morgan fingerprint density at radius 3 is 1.27 bits per heavy atom. The maximum atomic E-state index is 13.0. The smallest absolute Gasteiger partial charge is 0.478 e. The van der Waals surface area contributed by atoms with Gasteiger partial charge in [-0.25, -0.2) is 44.5 Å². The number of ether oxygens (including phenoxy) is 1. The molecule has 280 valence electrons. The second kappa shape index (κ2) is 16.6. The van der Waals surface area contributed by atoms with Crippen molar-refractivity contribution < 1.29 is 29.0 Å². The monoisotopic (exact) mass is 816 g/mol. The Morgan fingerprint density at radius 1 is 0.500 bits per heavy atom. The molecule has 0 saturated heterocycles. The Labute approximate surface area is 342 Å². The predicted molar refractivity (Wildman–Crippen MR) is 224 cm³/mol. The fourth-order valence-electron chi connectivity index (χ4n) is 7.57. The highest BCUT2D eigenvalue weighted by Gasteiger charge is 2.36. The lowest BCUT2D eigenvalue weighted by Crippen LogP contribution is -2.16. The number of aromatic carboxylic acids is 1. The molecule has 0 bridgehead atoms. The van der Waals surface area contributed by atoms with Gasteiger partial charge in [0, 0.05) is 22.0 Å². The summed E-state index contributed by atoms with van der Waals surface area (Å²) in [4.78, 5) is 46.1. The van der Waals surface area contributed by atoms with Crippen LogP contribution in [0.1, 0.15) is 96.9 Å². The molecule has 1 aliphatic heterocycles. The molecular formula is C46H36AlCl3O6. The van der Waals surface area contributed by atoms with E-state index in [-0.39, 0.29) is 27.7 Å². The molecule has 0 fully saturated rings. The van der Waals surface area contributed by atoms with E-state index in [1.54, 1.807) is 48.5 Å². The van der Waals surface area contributed by atoms with Gasteiger partial charge in [-0.15, -0.1) is 0 Å². The second-order valence-corrected chi connectivity index (χ2v) is 20.7. The number of hydrogen-bond donors (Lipinski definition) is 1. The molecule has 0 atom stereocenters. The molecule has 0 radical (unpaired) electrons. The van der Waals surface area contributed by atoms with Gasteiger partial charge >= 0.3 is 29.3 Å². The zero-order valence-corrected chi connectivity index (χ0v) is 34.4. The zero-order chi connectivity index (χ0) is 40.4. The van der Waals surface area contributed by atoms with Crippen molar-refractivity contribution in [2.45, 2.75) is 38.5 Å². The van der Waals surface area contributed by atoms with Crippen molar-refractivity contribution in [3.05, 3.63) is 190 Å². The van der Waals surface area contributed by atoms with Gasteiger partial charge in [-0.3, -0.25) is 4.79 Å². The van der Waals surface area contributed by atoms with Crippen LogP contribution in [0.15, 0.2) is 140 Å². The minimum absolute atomic E-state index is 0.0283. The SMILES string of the molecule is CC1(C)c2ccccc2-c2ccc(C(=O)c3ccccc3C(=O)O)cc21.CC1(C)c2ccccc2-c2ccccc21.O=C1OC(=O)c2ccccc21.[Cl][Al]([Cl])[Cl]. The first-order chi connectivity index (χ1) is 26.6. The highest BCUT2D eigenvalue weighted by atomic mass is 35.8. The molecule has 56 heavy (non-hydrogen) atoms. The zero-order valence-electron chi connectivity index (χ0n) is 31.0. The number of rotatable bonds is 3. The van der Waals surface area contributed by atoms with Gasteiger partial charge in [0.05, 0.1) is 16.7 Å². The maximum absolute atomic E-state index is 13.0. The molecule has 6 aromatic carbocycles. The van der Waals surface area contributed by atoms with Crippen molar-refractivity contribution in [2.75, 3.05) is 0 Å². The molecule has 3 aliphatic rings. The molecule has 0 amide bonds. The van der Waals surface area contributed by atoms with Crippen LogP contribution in [0.3, 0.4) is 0 Å². The Hall–Kier alpha value is -5.00. The fraction of sp³-hybridized carbons (Fsp3) is 0.130. The normalized spacial score (nSPS) is 14.0. The molecule has 6 aromatic rings. The van der Waals surface area contributed by atoms with E-state index in [0.717, 1.165) is 11.1 Å². The van der Waals surface area contributed by atoms with Gasteiger partial charge in [0.15, 0.2) is 5.78 Å². The number of esters is 2. The lowest BCUT2D eigenvalue weighted by molar-refractivity contribution is 0.0442. The van der Waals surface area contributed by atoms with E-state index in [2.05, 4.69) is 93.1 Å². The summed E-state index contributed by atoms with van der Waals surface area (Å²) in [6.07, 6.45) is 0. The summed E-state index contributed by atoms with van der Waals surface area (Å²) in [5.74, 6) is -2.46. The molecule has 1 N–H and O–H groups in total. The first kappa shape index (κ1) is 40.7. The first-order valence-corrected chi connectivity index (χ1v) is 23.0. The van der Waals surface area contributed by atoms with Crippen LogP contribution in [0.2, 0.25) is 0 Å². The molecule has 0 aromatic heterocycles. The molecule has 1 heterocycles. The molecule has 2 aliphatic carbocycles. The summed E-state index contributed by atoms with van der Waals surface area (Å²) in [5.41, 5.74) is 11.8. The molecule has 0 spiro atoms. The highest BCUT2D eigenvalue weighted by Crippen LogP contribution is 2.49. The summed E-state index contributed by atoms with van der Waals surface area (Å²) in [7, 11) is 14.8. The van der Waals surface area contributed by atoms with Gasteiger partial charge in [0.25, 0.3) is 0 Å². The minimum atomic E-state index is -1.72. The van der Waals surface area contributed by atoms with Crippen LogP contribution in [0.5, 0.6) is 0 Å². The Balaban J connectivity index is 0.000000149. The first-order valence-electron chi connectivity index (χ1n) is 17.7. The van der Waals surface area contributed by atoms with Crippen LogP contribution in [0.4, 0.5) is 0 Å². The van der Waals surface area contributed by atoms with Gasteiger partial charge in [-0.2, -0.15) is 0 Å². The number of cyclic esters (lactones) is 2. The molecule has 9 rings (SSSR count). The van der Waals surface area contributed by atoms with Crippen LogP contribution in [0, 0.1) is 0 Å². The molecule has 6 nitrogen and oxygen atoms in total. The van der Waals surface area contributed by atoms with E-state index in [1.165, 1.54) is 39.4 Å². The van der Waals surface area contributed by atoms with E-state index >= 15 is 0 Å². The van der Waals surface area contributed by atoms with Crippen molar-refractivity contribution in [1.82, 2.24) is 0 Å². The number of ketones is 1. The van der Waals surface area contributed by atoms with Crippen molar-refractivity contribution in [3.63, 3.8) is 0 Å². The number of benzene rings is 6. The van der Waals surface area contributed by atoms with E-state index in [4.69, 9.17) is 30.1 Å². The molecule has 0 saturated carbocycles. The van der Waals surface area contributed by atoms with E-state index in [9.17, 15) is 24.3 Å². The summed E-state index contributed by atoms with van der Waals surface area (Å²) in [5, 5.41) is 9.37. The number of carbonyl (C=O) groups excluding carboxylic acids is 3. The van der Waals surface area contributed by atoms with Crippen molar-refractivity contribution in [2.24, 2.45) is 0 Å². The van der Waals surface area contributed by atoms with Crippen molar-refractivity contribution >= 4 is 65.2 Å². The van der Waals surface area contributed by atoms with Gasteiger partial charge in [-0.1, -0.05) is 143 Å². The van der Waals surface area contributed by atoms with Gasteiger partial charge < -0.3 is 9.84 Å². The number of halogens is 3. The van der Waals surface area contributed by atoms with Gasteiger partial charge in [0.2, 0.25) is 0 Å². The van der Waals surface area contributed by atoms with Gasteiger partial charge in [-0.05, 0) is 68.8 Å². The lowest BCUT2D eigenvalue weighted by atomic mass is 9.81. The highest BCUT2D eigenvalue weighted by molar-refractivity contribution is 7.54. The number of fused-ring (bicyclic) bond motifs is 7. The van der Waals surface area contributed by atoms with Crippen molar-refractivity contribution in [3.8, 4) is 22.3 Å². The summed E-state index contributed by atoms with van der Waals surface area (Å²) < 4.78 is 4.35. The Morgan fingerprint density at radius 2 is 0.839 bits per heavy atom. The number of carbonyl (C=O) groups is 4. The predicted octanol–water partition coefficient (Wildman–Crippen LogP) is 11.6. The average molecular weight is 818 g/mol. The van der Waals surface area contributed by atoms with Crippen LogP contribution < -0.4 is 0 Å². The van der Waals surface area contributed by atoms with Crippen LogP contribution in [-0.2, 0) is 15.6 Å². The van der Waals surface area contributed by atoms with E-state index in [0.29, 0.717) is 16.7 Å². The molecule has 0 unspecified atom stereocenters. The lowest BCUT2D eigenvalue weighted by Gasteiger charge is -2.21. The Bertz CT molecular complexity index is 2420. The second-order valence-electron chi connectivity index (χ2n) is 14.3. The largest absolute Gasteiger partial charge is 0.643 e. The number of hydrogen-bond acceptors (Lipinski definition) is 5. The summed E-state index contributed by atoms with van der Waals surface area (Å²) in [6, 6.07) is 44.3. The van der Waals surface area contributed by atoms with Gasteiger partial charge in [0.1, 0.15) is 0 Å². The quantitative estimate of drug-likeness (QED) is 0.0827. The molecule has 10 heteroatoms. The third kappa shape index (κ3) is 7.97. The standard InChI is InChI=1S/C23H18O3.C15H14.C8H4O3.Al.3ClH/c1-23(2)19-10-6-5-7-15(19)16-12-11-14(13-20(16)23)21(24)17-8-3-4-9-18(17)22(25)26;1-15(2)13-9-5-3-7-11(13)12-8-4-6-10-14(12)15;9-7-5-3-1-2-4-6(5)8(10)11-7;;;;/h3-13H,1-2H3,(H,25,26);3-10H,1-2H3;1-4H;;3*1H/q;;;+3;;;/p-3. The topological polar surface area (TPSA) is 97.7 Å². The summed E-state index contributed by atoms with van der Waals surface area (Å²) in [6.45, 7) is 8.91. The molecular weight excluding hydrogens is 782 g/mol. The van der Waals surface area contributed by atoms with Crippen LogP contribution in [0.25, 0.3) is 22.3 Å². The van der Waals surface area contributed by atoms with E-state index in [1.807, 2.05) is 24.3 Å². The fourth-order valence-corrected chi connectivity index (χ4v) is 7.57. The third-order valence-electron chi connectivity index (χ3n) is 10.3. The van der Waals surface area contributed by atoms with Crippen molar-refractivity contribution in [1.29, 1.82) is 0 Å². The maximum Gasteiger partial charge on any atom is 0.643 e. The van der Waals surface area contributed by atoms with E-state index < -0.39 is 29.3 Å². The Kier molecular flexibility index (Phi) is 12.1. The number of carboxylic acid groups (broad SMARTS) is 1. The third-order valence-corrected chi connectivity index (χ3v) is 10.3. The van der Waals surface area contributed by atoms with Crippen LogP contribution >= 0.6 is 30.1 Å². The minimum Gasteiger partial charge on any atom is -0.478 e. The average Bonchev–Trinajstić information content (AvgIpc) is 3.71. The summed E-state index contributed by atoms with van der Waals surface area (Å²) >= 11 is -1.72. The number of carboxylic acids is 1.